The van der Waals surface area contributed by atoms with Gasteiger partial charge in [-0.25, -0.2) is 4.79 Å². The van der Waals surface area contributed by atoms with Crippen LogP contribution >= 0.6 is 0 Å². The van der Waals surface area contributed by atoms with Crippen LogP contribution in [0.5, 0.6) is 0 Å². The number of rotatable bonds is 4. The van der Waals surface area contributed by atoms with Crippen molar-refractivity contribution in [1.29, 1.82) is 0 Å². The van der Waals surface area contributed by atoms with E-state index in [1.165, 1.54) is 0 Å². The standard InChI is InChI=1S/C18H30N2O4/c1-17(2,3)11-7-8-13(19)12(9-11)15(22)14(21)10-20-16(23)24-18(4,5)6/h7-9,14-15,21-22H,10,19H2,1-6H3,(H,20,23). The Morgan fingerprint density at radius 2 is 1.79 bits per heavy atom. The molecule has 1 amide bonds. The molecule has 0 aliphatic rings. The van der Waals surface area contributed by atoms with Crippen molar-refractivity contribution < 1.29 is 19.7 Å². The molecule has 0 aromatic heterocycles. The maximum atomic E-state index is 11.6. The number of carbonyl (C=O) groups is 1. The van der Waals surface area contributed by atoms with Gasteiger partial charge >= 0.3 is 6.09 Å². The molecule has 136 valence electrons. The number of nitrogens with one attached hydrogen (secondary N) is 1. The molecule has 0 aliphatic heterocycles. The number of anilines is 1. The van der Waals surface area contributed by atoms with Crippen LogP contribution in [-0.4, -0.2) is 34.6 Å². The van der Waals surface area contributed by atoms with E-state index >= 15 is 0 Å². The molecule has 0 fully saturated rings. The van der Waals surface area contributed by atoms with Crippen LogP contribution in [0.15, 0.2) is 18.2 Å². The Kier molecular flexibility index (Phi) is 6.25. The second-order valence-corrected chi connectivity index (χ2v) is 7.99. The third kappa shape index (κ3) is 6.02. The van der Waals surface area contributed by atoms with E-state index in [1.54, 1.807) is 32.9 Å². The summed E-state index contributed by atoms with van der Waals surface area (Å²) in [6.45, 7) is 11.2. The van der Waals surface area contributed by atoms with Gasteiger partial charge in [0.25, 0.3) is 0 Å². The average molecular weight is 338 g/mol. The number of nitrogens with two attached hydrogens (primary N) is 1. The van der Waals surface area contributed by atoms with Crippen LogP contribution in [0, 0.1) is 0 Å². The van der Waals surface area contributed by atoms with E-state index in [1.807, 2.05) is 6.07 Å². The Labute approximate surface area is 144 Å². The van der Waals surface area contributed by atoms with Gasteiger partial charge in [-0.3, -0.25) is 0 Å². The van der Waals surface area contributed by atoms with E-state index in [4.69, 9.17) is 10.5 Å². The molecule has 0 saturated carbocycles. The maximum absolute atomic E-state index is 11.6. The summed E-state index contributed by atoms with van der Waals surface area (Å²) in [5.74, 6) is 0. The van der Waals surface area contributed by atoms with Gasteiger partial charge in [-0.05, 0) is 37.8 Å². The smallest absolute Gasteiger partial charge is 0.407 e. The van der Waals surface area contributed by atoms with Gasteiger partial charge in [0, 0.05) is 17.8 Å². The quantitative estimate of drug-likeness (QED) is 0.631. The van der Waals surface area contributed by atoms with Crippen molar-refractivity contribution >= 4 is 11.8 Å². The molecule has 1 aromatic rings. The minimum atomic E-state index is -1.21. The number of benzene rings is 1. The van der Waals surface area contributed by atoms with E-state index in [0.29, 0.717) is 11.3 Å². The largest absolute Gasteiger partial charge is 0.444 e. The molecule has 2 atom stereocenters. The normalized spacial score (nSPS) is 14.8. The second kappa shape index (κ2) is 7.40. The first kappa shape index (κ1) is 20.3. The van der Waals surface area contributed by atoms with Crippen LogP contribution in [0.25, 0.3) is 0 Å². The number of aliphatic hydroxyl groups excluding tert-OH is 2. The lowest BCUT2D eigenvalue weighted by molar-refractivity contribution is 0.0132. The lowest BCUT2D eigenvalue weighted by Gasteiger charge is -2.25. The maximum Gasteiger partial charge on any atom is 0.407 e. The number of alkyl carbamates (subject to hydrolysis) is 1. The topological polar surface area (TPSA) is 105 Å². The zero-order valence-electron chi connectivity index (χ0n) is 15.4. The monoisotopic (exact) mass is 338 g/mol. The molecule has 6 nitrogen and oxygen atoms in total. The highest BCUT2D eigenvalue weighted by Crippen LogP contribution is 2.30. The molecule has 2 unspecified atom stereocenters. The number of hydrogen-bond acceptors (Lipinski definition) is 5. The van der Waals surface area contributed by atoms with Gasteiger partial charge in [-0.15, -0.1) is 0 Å². The van der Waals surface area contributed by atoms with Crippen molar-refractivity contribution in [2.75, 3.05) is 12.3 Å². The summed E-state index contributed by atoms with van der Waals surface area (Å²) in [6.07, 6.45) is -3.05. The van der Waals surface area contributed by atoms with E-state index in [2.05, 4.69) is 26.1 Å². The number of ether oxygens (including phenoxy) is 1. The van der Waals surface area contributed by atoms with Gasteiger partial charge in [0.15, 0.2) is 0 Å². The highest BCUT2D eigenvalue weighted by Gasteiger charge is 2.24. The number of hydrogen-bond donors (Lipinski definition) is 4. The molecule has 0 radical (unpaired) electrons. The Balaban J connectivity index is 2.79. The van der Waals surface area contributed by atoms with Crippen molar-refractivity contribution in [3.05, 3.63) is 29.3 Å². The molecule has 0 spiro atoms. The number of nitrogen functional groups attached to an aromatic ring is 1. The minimum absolute atomic E-state index is 0.109. The van der Waals surface area contributed by atoms with Gasteiger partial charge < -0.3 is 26.0 Å². The molecule has 1 rings (SSSR count). The fourth-order valence-corrected chi connectivity index (χ4v) is 2.12. The Morgan fingerprint density at radius 3 is 2.29 bits per heavy atom. The molecular weight excluding hydrogens is 308 g/mol. The van der Waals surface area contributed by atoms with Crippen molar-refractivity contribution in [1.82, 2.24) is 5.32 Å². The van der Waals surface area contributed by atoms with Crippen molar-refractivity contribution in [3.63, 3.8) is 0 Å². The summed E-state index contributed by atoms with van der Waals surface area (Å²) in [4.78, 5) is 11.6. The van der Waals surface area contributed by atoms with Gasteiger partial charge in [0.2, 0.25) is 0 Å². The van der Waals surface area contributed by atoms with Gasteiger partial charge in [-0.1, -0.05) is 32.9 Å². The van der Waals surface area contributed by atoms with Crippen LogP contribution in [-0.2, 0) is 10.2 Å². The highest BCUT2D eigenvalue weighted by molar-refractivity contribution is 5.67. The van der Waals surface area contributed by atoms with Gasteiger partial charge in [0.1, 0.15) is 17.8 Å². The number of aliphatic hydroxyl groups is 2. The van der Waals surface area contributed by atoms with E-state index in [9.17, 15) is 15.0 Å². The zero-order valence-corrected chi connectivity index (χ0v) is 15.4. The molecule has 0 bridgehead atoms. The summed E-state index contributed by atoms with van der Waals surface area (Å²) < 4.78 is 5.09. The molecule has 6 heteroatoms. The summed E-state index contributed by atoms with van der Waals surface area (Å²) >= 11 is 0. The fourth-order valence-electron chi connectivity index (χ4n) is 2.12. The van der Waals surface area contributed by atoms with E-state index in [-0.39, 0.29) is 12.0 Å². The van der Waals surface area contributed by atoms with Crippen LogP contribution in [0.1, 0.15) is 58.8 Å². The third-order valence-electron chi connectivity index (χ3n) is 3.49. The van der Waals surface area contributed by atoms with Crippen LogP contribution in [0.4, 0.5) is 10.5 Å². The first-order valence-corrected chi connectivity index (χ1v) is 8.04. The fraction of sp³-hybridized carbons (Fsp3) is 0.611. The van der Waals surface area contributed by atoms with Crippen LogP contribution in [0.2, 0.25) is 0 Å². The lowest BCUT2D eigenvalue weighted by atomic mass is 9.85. The summed E-state index contributed by atoms with van der Waals surface area (Å²) in [5, 5.41) is 23.0. The van der Waals surface area contributed by atoms with Crippen LogP contribution < -0.4 is 11.1 Å². The third-order valence-corrected chi connectivity index (χ3v) is 3.49. The van der Waals surface area contributed by atoms with E-state index < -0.39 is 23.9 Å². The van der Waals surface area contributed by atoms with E-state index in [0.717, 1.165) is 5.56 Å². The van der Waals surface area contributed by atoms with Crippen molar-refractivity contribution in [3.8, 4) is 0 Å². The number of amides is 1. The van der Waals surface area contributed by atoms with Crippen LogP contribution in [0.3, 0.4) is 0 Å². The highest BCUT2D eigenvalue weighted by atomic mass is 16.6. The first-order chi connectivity index (χ1) is 10.8. The Morgan fingerprint density at radius 1 is 1.21 bits per heavy atom. The summed E-state index contributed by atoms with van der Waals surface area (Å²) in [5.41, 5.74) is 7.03. The molecular formula is C18H30N2O4. The molecule has 24 heavy (non-hydrogen) atoms. The predicted molar refractivity (Wildman–Crippen MR) is 94.8 cm³/mol. The molecule has 0 heterocycles. The Bertz CT molecular complexity index is 573. The zero-order chi connectivity index (χ0) is 18.7. The van der Waals surface area contributed by atoms with Gasteiger partial charge in [0.05, 0.1) is 0 Å². The second-order valence-electron chi connectivity index (χ2n) is 7.99. The predicted octanol–water partition coefficient (Wildman–Crippen LogP) is 2.49. The first-order valence-electron chi connectivity index (χ1n) is 8.04. The Hall–Kier alpha value is -1.79. The molecule has 0 saturated heterocycles. The van der Waals surface area contributed by atoms with Crippen molar-refractivity contribution in [2.45, 2.75) is 64.8 Å². The van der Waals surface area contributed by atoms with Crippen molar-refractivity contribution in [2.24, 2.45) is 0 Å². The summed E-state index contributed by atoms with van der Waals surface area (Å²) in [7, 11) is 0. The molecule has 5 N–H and O–H groups in total. The lowest BCUT2D eigenvalue weighted by Crippen LogP contribution is -2.39. The molecule has 1 aromatic carbocycles. The average Bonchev–Trinajstić information content (AvgIpc) is 2.41. The molecule has 0 aliphatic carbocycles. The summed E-state index contributed by atoms with van der Waals surface area (Å²) in [6, 6.07) is 5.40. The SMILES string of the molecule is CC(C)(C)OC(=O)NCC(O)C(O)c1cc(C(C)(C)C)ccc1N. The van der Waals surface area contributed by atoms with Gasteiger partial charge in [-0.2, -0.15) is 0 Å². The minimum Gasteiger partial charge on any atom is -0.444 e. The number of carbonyl (C=O) groups excluding carboxylic acids is 1.